The molecule has 4 heteroatoms. The molecule has 0 aromatic carbocycles. The molecule has 0 spiro atoms. The van der Waals surface area contributed by atoms with Gasteiger partial charge in [0.1, 0.15) is 5.79 Å². The summed E-state index contributed by atoms with van der Waals surface area (Å²) < 4.78 is 0. The molecular formula is C5H14N4. The van der Waals surface area contributed by atoms with Crippen LogP contribution in [0, 0.1) is 5.92 Å². The Labute approximate surface area is 54.6 Å². The lowest BCUT2D eigenvalue weighted by Gasteiger charge is -2.27. The fourth-order valence-corrected chi connectivity index (χ4v) is 1.05. The fraction of sp³-hybridized carbons (Fsp3) is 1.00. The van der Waals surface area contributed by atoms with E-state index in [9.17, 15) is 0 Å². The first-order valence-electron chi connectivity index (χ1n) is 3.03. The van der Waals surface area contributed by atoms with Crippen molar-refractivity contribution in [3.63, 3.8) is 0 Å². The summed E-state index contributed by atoms with van der Waals surface area (Å²) in [6.07, 6.45) is 0.830. The summed E-state index contributed by atoms with van der Waals surface area (Å²) in [6, 6.07) is 0. The molecule has 1 aliphatic rings. The normalized spacial score (nSPS) is 43.0. The van der Waals surface area contributed by atoms with Crippen LogP contribution in [0.5, 0.6) is 0 Å². The highest BCUT2D eigenvalue weighted by molar-refractivity contribution is 5.15. The second kappa shape index (κ2) is 1.46. The zero-order chi connectivity index (χ0) is 7.28. The van der Waals surface area contributed by atoms with E-state index in [1.807, 2.05) is 6.92 Å². The third kappa shape index (κ3) is 0.840. The summed E-state index contributed by atoms with van der Waals surface area (Å²) in [5.74, 6) is -0.843. The Kier molecular flexibility index (Phi) is 1.13. The fourth-order valence-electron chi connectivity index (χ4n) is 1.05. The molecule has 9 heavy (non-hydrogen) atoms. The summed E-state index contributed by atoms with van der Waals surface area (Å²) >= 11 is 0. The second-order valence-electron chi connectivity index (χ2n) is 3.08. The maximum absolute atomic E-state index is 5.69. The Morgan fingerprint density at radius 1 is 1.44 bits per heavy atom. The van der Waals surface area contributed by atoms with Gasteiger partial charge in [-0.2, -0.15) is 0 Å². The number of nitrogens with two attached hydrogens (primary N) is 4. The maximum atomic E-state index is 5.69. The lowest BCUT2D eigenvalue weighted by molar-refractivity contribution is 0.331. The number of hydrogen-bond donors (Lipinski definition) is 4. The zero-order valence-electron chi connectivity index (χ0n) is 5.59. The maximum Gasteiger partial charge on any atom is 0.134 e. The van der Waals surface area contributed by atoms with Crippen LogP contribution in [0.15, 0.2) is 0 Å². The Balaban J connectivity index is 2.64. The van der Waals surface area contributed by atoms with E-state index in [4.69, 9.17) is 22.9 Å². The minimum atomic E-state index is -1.20. The van der Waals surface area contributed by atoms with Gasteiger partial charge in [-0.3, -0.25) is 17.2 Å². The van der Waals surface area contributed by atoms with E-state index in [-0.39, 0.29) is 0 Å². The van der Waals surface area contributed by atoms with Gasteiger partial charge in [0.05, 0.1) is 5.54 Å². The van der Waals surface area contributed by atoms with Gasteiger partial charge < -0.3 is 5.73 Å². The summed E-state index contributed by atoms with van der Waals surface area (Å²) in [5.41, 5.74) is 21.4. The molecular weight excluding hydrogens is 116 g/mol. The SMILES string of the molecule is CC1CC1(N)C(N)(N)N. The van der Waals surface area contributed by atoms with Gasteiger partial charge in [0.15, 0.2) is 0 Å². The summed E-state index contributed by atoms with van der Waals surface area (Å²) in [7, 11) is 0. The Morgan fingerprint density at radius 3 is 1.78 bits per heavy atom. The van der Waals surface area contributed by atoms with Gasteiger partial charge in [0.2, 0.25) is 0 Å². The van der Waals surface area contributed by atoms with Crippen LogP contribution in [-0.4, -0.2) is 11.3 Å². The summed E-state index contributed by atoms with van der Waals surface area (Å²) in [5, 5.41) is 0. The van der Waals surface area contributed by atoms with Gasteiger partial charge in [0.25, 0.3) is 0 Å². The van der Waals surface area contributed by atoms with E-state index < -0.39 is 11.3 Å². The second-order valence-corrected chi connectivity index (χ2v) is 3.08. The first-order chi connectivity index (χ1) is 3.88. The van der Waals surface area contributed by atoms with Crippen molar-refractivity contribution in [3.05, 3.63) is 0 Å². The molecule has 1 saturated carbocycles. The molecule has 54 valence electrons. The number of hydrogen-bond acceptors (Lipinski definition) is 4. The van der Waals surface area contributed by atoms with Crippen LogP contribution in [0.3, 0.4) is 0 Å². The minimum Gasteiger partial charge on any atom is -0.321 e. The lowest BCUT2D eigenvalue weighted by atomic mass is 10.1. The van der Waals surface area contributed by atoms with Crippen LogP contribution in [0.25, 0.3) is 0 Å². The van der Waals surface area contributed by atoms with E-state index >= 15 is 0 Å². The molecule has 1 aliphatic carbocycles. The van der Waals surface area contributed by atoms with Gasteiger partial charge in [-0.05, 0) is 12.3 Å². The average Bonchev–Trinajstić information content (AvgIpc) is 2.13. The highest BCUT2D eigenvalue weighted by Crippen LogP contribution is 2.43. The topological polar surface area (TPSA) is 104 Å². The number of rotatable bonds is 1. The van der Waals surface area contributed by atoms with Crippen LogP contribution in [0.4, 0.5) is 0 Å². The third-order valence-corrected chi connectivity index (χ3v) is 2.17. The average molecular weight is 130 g/mol. The van der Waals surface area contributed by atoms with Crippen molar-refractivity contribution in [2.75, 3.05) is 0 Å². The monoisotopic (exact) mass is 130 g/mol. The molecule has 1 fully saturated rings. The molecule has 2 unspecified atom stereocenters. The predicted molar refractivity (Wildman–Crippen MR) is 36.0 cm³/mol. The quantitative estimate of drug-likeness (QED) is 0.316. The first kappa shape index (κ1) is 6.95. The molecule has 0 amide bonds. The van der Waals surface area contributed by atoms with Gasteiger partial charge in [-0.15, -0.1) is 0 Å². The lowest BCUT2D eigenvalue weighted by Crippen LogP contribution is -2.71. The van der Waals surface area contributed by atoms with E-state index in [0.29, 0.717) is 5.92 Å². The van der Waals surface area contributed by atoms with E-state index in [1.165, 1.54) is 0 Å². The molecule has 0 radical (unpaired) electrons. The highest BCUT2D eigenvalue weighted by Gasteiger charge is 2.57. The zero-order valence-corrected chi connectivity index (χ0v) is 5.59. The summed E-state index contributed by atoms with van der Waals surface area (Å²) in [4.78, 5) is 0. The molecule has 8 N–H and O–H groups in total. The molecule has 0 aliphatic heterocycles. The Hall–Kier alpha value is -0.160. The van der Waals surface area contributed by atoms with Crippen LogP contribution in [-0.2, 0) is 0 Å². The van der Waals surface area contributed by atoms with E-state index in [2.05, 4.69) is 0 Å². The van der Waals surface area contributed by atoms with E-state index in [1.54, 1.807) is 0 Å². The van der Waals surface area contributed by atoms with Gasteiger partial charge >= 0.3 is 0 Å². The molecule has 0 aromatic rings. The van der Waals surface area contributed by atoms with Crippen LogP contribution < -0.4 is 22.9 Å². The molecule has 4 nitrogen and oxygen atoms in total. The van der Waals surface area contributed by atoms with Crippen molar-refractivity contribution in [3.8, 4) is 0 Å². The van der Waals surface area contributed by atoms with Gasteiger partial charge in [-0.25, -0.2) is 0 Å². The van der Waals surface area contributed by atoms with Crippen LogP contribution in [0.1, 0.15) is 13.3 Å². The first-order valence-corrected chi connectivity index (χ1v) is 3.03. The highest BCUT2D eigenvalue weighted by atomic mass is 15.2. The molecule has 0 saturated heterocycles. The van der Waals surface area contributed by atoms with Gasteiger partial charge in [-0.1, -0.05) is 6.92 Å². The molecule has 0 bridgehead atoms. The smallest absolute Gasteiger partial charge is 0.134 e. The van der Waals surface area contributed by atoms with Crippen molar-refractivity contribution in [2.24, 2.45) is 28.9 Å². The van der Waals surface area contributed by atoms with Gasteiger partial charge in [0, 0.05) is 0 Å². The van der Waals surface area contributed by atoms with E-state index in [0.717, 1.165) is 6.42 Å². The van der Waals surface area contributed by atoms with Crippen molar-refractivity contribution < 1.29 is 0 Å². The molecule has 2 atom stereocenters. The standard InChI is InChI=1S/C5H14N4/c1-3-2-4(3,6)5(7,8)9/h3H,2,6-9H2,1H3. The molecule has 1 rings (SSSR count). The van der Waals surface area contributed by atoms with Crippen molar-refractivity contribution in [1.82, 2.24) is 0 Å². The van der Waals surface area contributed by atoms with Crippen molar-refractivity contribution in [1.29, 1.82) is 0 Å². The van der Waals surface area contributed by atoms with Crippen LogP contribution in [0.2, 0.25) is 0 Å². The molecule has 0 heterocycles. The Bertz CT molecular complexity index is 127. The van der Waals surface area contributed by atoms with Crippen molar-refractivity contribution >= 4 is 0 Å². The third-order valence-electron chi connectivity index (χ3n) is 2.17. The van der Waals surface area contributed by atoms with Crippen LogP contribution >= 0.6 is 0 Å². The minimum absolute atomic E-state index is 0.359. The molecule has 0 aromatic heterocycles. The predicted octanol–water partition coefficient (Wildman–Crippen LogP) is -1.75. The Morgan fingerprint density at radius 2 is 1.78 bits per heavy atom. The largest absolute Gasteiger partial charge is 0.321 e. The summed E-state index contributed by atoms with van der Waals surface area (Å²) in [6.45, 7) is 1.99. The van der Waals surface area contributed by atoms with Crippen molar-refractivity contribution in [2.45, 2.75) is 24.7 Å².